The zero-order valence-electron chi connectivity index (χ0n) is 20.7. The number of ether oxygens (including phenoxy) is 1. The first-order chi connectivity index (χ1) is 17.1. The molecule has 2 heterocycles. The molecule has 2 fully saturated rings. The molecule has 4 nitrogen and oxygen atoms in total. The Hall–Kier alpha value is -2.66. The van der Waals surface area contributed by atoms with Gasteiger partial charge in [0.1, 0.15) is 5.75 Å². The fraction of sp³-hybridized carbons (Fsp3) is 0.467. The second kappa shape index (κ2) is 10.9. The first-order valence-corrected chi connectivity index (χ1v) is 14.0. The van der Waals surface area contributed by atoms with Gasteiger partial charge in [-0.2, -0.15) is 0 Å². The molecular formula is C30H35NO3S. The summed E-state index contributed by atoms with van der Waals surface area (Å²) in [6.07, 6.45) is 10.8. The molecule has 1 saturated carbocycles. The summed E-state index contributed by atoms with van der Waals surface area (Å²) in [5.41, 5.74) is 2.72. The number of thiophene rings is 1. The van der Waals surface area contributed by atoms with Crippen molar-refractivity contribution >= 4 is 33.1 Å². The smallest absolute Gasteiger partial charge is 0.222 e. The highest BCUT2D eigenvalue weighted by molar-refractivity contribution is 7.19. The standard InChI is InChI=1S/C30H35NO3S/c1-34-24-15-16-25-26(20-24)35-30(23-8-4-2-5-9-23)28(25)29(33)22-13-10-21(11-14-22)12-17-27(32)31-18-6-3-7-19-31/h10-11,13-16,20,23H,2-9,12,17-19H2,1H3. The average Bonchev–Trinajstić information content (AvgIpc) is 3.31. The van der Waals surface area contributed by atoms with Gasteiger partial charge in [-0.1, -0.05) is 43.5 Å². The second-order valence-corrected chi connectivity index (χ2v) is 11.1. The number of fused-ring (bicyclic) bond motifs is 1. The van der Waals surface area contributed by atoms with Crippen molar-refractivity contribution in [2.45, 2.75) is 70.1 Å². The van der Waals surface area contributed by atoms with Crippen LogP contribution in [0.1, 0.15) is 90.1 Å². The lowest BCUT2D eigenvalue weighted by Crippen LogP contribution is -2.35. The van der Waals surface area contributed by atoms with Crippen LogP contribution in [0.2, 0.25) is 0 Å². The number of hydrogen-bond donors (Lipinski definition) is 0. The monoisotopic (exact) mass is 489 g/mol. The highest BCUT2D eigenvalue weighted by Gasteiger charge is 2.27. The molecule has 2 aliphatic rings. The van der Waals surface area contributed by atoms with Crippen LogP contribution in [0.4, 0.5) is 0 Å². The van der Waals surface area contributed by atoms with E-state index < -0.39 is 0 Å². The number of ketones is 1. The topological polar surface area (TPSA) is 46.6 Å². The van der Waals surface area contributed by atoms with Gasteiger partial charge in [0.05, 0.1) is 7.11 Å². The van der Waals surface area contributed by atoms with Gasteiger partial charge in [-0.3, -0.25) is 9.59 Å². The molecule has 5 rings (SSSR count). The van der Waals surface area contributed by atoms with Crippen molar-refractivity contribution in [3.8, 4) is 5.75 Å². The lowest BCUT2D eigenvalue weighted by molar-refractivity contribution is -0.132. The number of aryl methyl sites for hydroxylation is 1. The number of benzene rings is 2. The molecule has 1 saturated heterocycles. The maximum Gasteiger partial charge on any atom is 0.222 e. The molecule has 5 heteroatoms. The van der Waals surface area contributed by atoms with Crippen LogP contribution >= 0.6 is 11.3 Å². The zero-order valence-corrected chi connectivity index (χ0v) is 21.5. The van der Waals surface area contributed by atoms with Gasteiger partial charge in [0.2, 0.25) is 5.91 Å². The van der Waals surface area contributed by atoms with Crippen molar-refractivity contribution in [2.75, 3.05) is 20.2 Å². The minimum absolute atomic E-state index is 0.109. The number of methoxy groups -OCH3 is 1. The van der Waals surface area contributed by atoms with Gasteiger partial charge >= 0.3 is 0 Å². The Morgan fingerprint density at radius 3 is 2.37 bits per heavy atom. The Morgan fingerprint density at radius 2 is 1.66 bits per heavy atom. The molecule has 1 amide bonds. The van der Waals surface area contributed by atoms with Crippen LogP contribution in [0.15, 0.2) is 42.5 Å². The maximum atomic E-state index is 13.8. The number of amides is 1. The molecule has 0 bridgehead atoms. The largest absolute Gasteiger partial charge is 0.497 e. The van der Waals surface area contributed by atoms with E-state index in [1.165, 1.54) is 30.6 Å². The van der Waals surface area contributed by atoms with Crippen molar-refractivity contribution < 1.29 is 14.3 Å². The van der Waals surface area contributed by atoms with Gasteiger partial charge in [-0.25, -0.2) is 0 Å². The van der Waals surface area contributed by atoms with Crippen LogP contribution < -0.4 is 4.74 Å². The summed E-state index contributed by atoms with van der Waals surface area (Å²) in [6, 6.07) is 14.0. The van der Waals surface area contributed by atoms with Crippen molar-refractivity contribution in [3.05, 3.63) is 64.0 Å². The molecule has 0 spiro atoms. The summed E-state index contributed by atoms with van der Waals surface area (Å²) in [5.74, 6) is 1.66. The summed E-state index contributed by atoms with van der Waals surface area (Å²) < 4.78 is 6.57. The highest BCUT2D eigenvalue weighted by Crippen LogP contribution is 2.44. The van der Waals surface area contributed by atoms with Gasteiger partial charge in [-0.05, 0) is 68.2 Å². The molecule has 1 aliphatic heterocycles. The Bertz CT molecular complexity index is 1180. The van der Waals surface area contributed by atoms with Crippen molar-refractivity contribution in [2.24, 2.45) is 0 Å². The maximum absolute atomic E-state index is 13.8. The third kappa shape index (κ3) is 5.30. The Labute approximate surface area is 212 Å². The van der Waals surface area contributed by atoms with Gasteiger partial charge in [0.25, 0.3) is 0 Å². The lowest BCUT2D eigenvalue weighted by Gasteiger charge is -2.26. The molecule has 3 aromatic rings. The summed E-state index contributed by atoms with van der Waals surface area (Å²) in [5, 5.41) is 1.04. The molecule has 184 valence electrons. The number of piperidine rings is 1. The number of nitrogens with zero attached hydrogens (tertiary/aromatic N) is 1. The van der Waals surface area contributed by atoms with Crippen LogP contribution in [-0.2, 0) is 11.2 Å². The quantitative estimate of drug-likeness (QED) is 0.332. The van der Waals surface area contributed by atoms with E-state index in [0.717, 1.165) is 77.7 Å². The van der Waals surface area contributed by atoms with E-state index in [1.54, 1.807) is 18.4 Å². The fourth-order valence-corrected chi connectivity index (χ4v) is 7.03. The van der Waals surface area contributed by atoms with Gasteiger partial charge < -0.3 is 9.64 Å². The van der Waals surface area contributed by atoms with Gasteiger partial charge in [0, 0.05) is 45.6 Å². The van der Waals surface area contributed by atoms with Crippen LogP contribution in [0.5, 0.6) is 5.75 Å². The van der Waals surface area contributed by atoms with Crippen LogP contribution in [0.3, 0.4) is 0 Å². The van der Waals surface area contributed by atoms with E-state index in [2.05, 4.69) is 6.07 Å². The van der Waals surface area contributed by atoms with Crippen LogP contribution in [0, 0.1) is 0 Å². The third-order valence-corrected chi connectivity index (χ3v) is 8.99. The fourth-order valence-electron chi connectivity index (χ4n) is 5.63. The van der Waals surface area contributed by atoms with Crippen molar-refractivity contribution in [1.29, 1.82) is 0 Å². The number of carbonyl (C=O) groups is 2. The van der Waals surface area contributed by atoms with Gasteiger partial charge in [0.15, 0.2) is 5.78 Å². The molecular weight excluding hydrogens is 454 g/mol. The molecule has 1 aliphatic carbocycles. The highest BCUT2D eigenvalue weighted by atomic mass is 32.1. The molecule has 1 aromatic heterocycles. The van der Waals surface area contributed by atoms with E-state index in [9.17, 15) is 9.59 Å². The zero-order chi connectivity index (χ0) is 24.2. The first-order valence-electron chi connectivity index (χ1n) is 13.2. The lowest BCUT2D eigenvalue weighted by atomic mass is 9.85. The van der Waals surface area contributed by atoms with E-state index in [4.69, 9.17) is 4.74 Å². The minimum atomic E-state index is 0.109. The molecule has 0 unspecified atom stereocenters. The predicted molar refractivity (Wildman–Crippen MR) is 143 cm³/mol. The summed E-state index contributed by atoms with van der Waals surface area (Å²) in [6.45, 7) is 1.80. The molecule has 0 atom stereocenters. The van der Waals surface area contributed by atoms with E-state index in [-0.39, 0.29) is 11.7 Å². The Balaban J connectivity index is 1.36. The van der Waals surface area contributed by atoms with E-state index in [0.29, 0.717) is 12.3 Å². The number of hydrogen-bond acceptors (Lipinski definition) is 4. The molecule has 35 heavy (non-hydrogen) atoms. The summed E-state index contributed by atoms with van der Waals surface area (Å²) in [4.78, 5) is 29.6. The first kappa shape index (κ1) is 24.1. The van der Waals surface area contributed by atoms with Crippen molar-refractivity contribution in [3.63, 3.8) is 0 Å². The van der Waals surface area contributed by atoms with Gasteiger partial charge in [-0.15, -0.1) is 11.3 Å². The van der Waals surface area contributed by atoms with Crippen LogP contribution in [-0.4, -0.2) is 36.8 Å². The molecule has 0 N–H and O–H groups in total. The Kier molecular flexibility index (Phi) is 7.52. The number of carbonyl (C=O) groups excluding carboxylic acids is 2. The number of rotatable bonds is 7. The molecule has 2 aromatic carbocycles. The van der Waals surface area contributed by atoms with Crippen LogP contribution in [0.25, 0.3) is 10.1 Å². The Morgan fingerprint density at radius 1 is 0.943 bits per heavy atom. The van der Waals surface area contributed by atoms with E-state index in [1.807, 2.05) is 41.3 Å². The third-order valence-electron chi connectivity index (χ3n) is 7.68. The number of likely N-dealkylation sites (tertiary alicyclic amines) is 1. The second-order valence-electron chi connectivity index (χ2n) is 10.0. The van der Waals surface area contributed by atoms with Crippen molar-refractivity contribution in [1.82, 2.24) is 4.90 Å². The normalized spacial score (nSPS) is 17.0. The summed E-state index contributed by atoms with van der Waals surface area (Å²) >= 11 is 1.77. The predicted octanol–water partition coefficient (Wildman–Crippen LogP) is 7.13. The molecule has 0 radical (unpaired) electrons. The SMILES string of the molecule is COc1ccc2c(C(=O)c3ccc(CCC(=O)N4CCCCC4)cc3)c(C3CCCCC3)sc2c1. The van der Waals surface area contributed by atoms with E-state index >= 15 is 0 Å². The average molecular weight is 490 g/mol. The minimum Gasteiger partial charge on any atom is -0.497 e. The summed E-state index contributed by atoms with van der Waals surface area (Å²) in [7, 11) is 1.69.